The number of carbonyl (C=O) groups excluding carboxylic acids is 2. The number of ether oxygens (including phenoxy) is 2. The zero-order valence-electron chi connectivity index (χ0n) is 17.3. The van der Waals surface area contributed by atoms with E-state index in [1.807, 2.05) is 0 Å². The van der Waals surface area contributed by atoms with E-state index in [4.69, 9.17) is 21.1 Å². The molecule has 32 heavy (non-hydrogen) atoms. The lowest BCUT2D eigenvalue weighted by Crippen LogP contribution is -2.23. The minimum atomic E-state index is -0.451. The minimum absolute atomic E-state index is 0.0209. The molecule has 0 unspecified atom stereocenters. The van der Waals surface area contributed by atoms with Crippen molar-refractivity contribution in [3.05, 3.63) is 53.3 Å². The lowest BCUT2D eigenvalue weighted by molar-refractivity contribution is -0.116. The molecule has 0 aliphatic carbocycles. The molecule has 0 spiro atoms. The van der Waals surface area contributed by atoms with E-state index in [1.54, 1.807) is 61.0 Å². The Hall–Kier alpha value is -3.24. The largest absolute Gasteiger partial charge is 0.454 e. The van der Waals surface area contributed by atoms with Crippen molar-refractivity contribution in [1.82, 2.24) is 14.8 Å². The summed E-state index contributed by atoms with van der Waals surface area (Å²) in [4.78, 5) is 25.0. The van der Waals surface area contributed by atoms with Gasteiger partial charge in [-0.2, -0.15) is 0 Å². The third kappa shape index (κ3) is 4.97. The standard InChI is InChI=1S/C21H20ClN5O4S/c1-12(20(29)23-13-7-8-16-17(9-13)31-11-30-16)32-21-26-25-18(27(21)2)10-19(28)24-15-6-4-3-5-14(15)22/h3-9,12H,10-11H2,1-2H3,(H,23,29)(H,24,28)/t12-/m0/s1. The molecule has 3 aromatic rings. The Labute approximate surface area is 193 Å². The Kier molecular flexibility index (Phi) is 6.52. The second-order valence-corrected chi connectivity index (χ2v) is 8.70. The van der Waals surface area contributed by atoms with E-state index in [9.17, 15) is 9.59 Å². The number of amides is 2. The summed E-state index contributed by atoms with van der Waals surface area (Å²) in [5.41, 5.74) is 1.14. The van der Waals surface area contributed by atoms with Gasteiger partial charge in [0, 0.05) is 18.8 Å². The first-order valence-corrected chi connectivity index (χ1v) is 11.0. The molecule has 1 aromatic heterocycles. The van der Waals surface area contributed by atoms with E-state index in [0.29, 0.717) is 38.9 Å². The number of benzene rings is 2. The van der Waals surface area contributed by atoms with E-state index in [0.717, 1.165) is 0 Å². The van der Waals surface area contributed by atoms with Gasteiger partial charge in [-0.3, -0.25) is 9.59 Å². The Morgan fingerprint density at radius 3 is 2.75 bits per heavy atom. The zero-order chi connectivity index (χ0) is 22.7. The van der Waals surface area contributed by atoms with Gasteiger partial charge in [0.25, 0.3) is 0 Å². The van der Waals surface area contributed by atoms with Gasteiger partial charge < -0.3 is 24.7 Å². The van der Waals surface area contributed by atoms with Crippen LogP contribution in [0.5, 0.6) is 11.5 Å². The Morgan fingerprint density at radius 2 is 1.94 bits per heavy atom. The smallest absolute Gasteiger partial charge is 0.237 e. The summed E-state index contributed by atoms with van der Waals surface area (Å²) in [5.74, 6) is 1.25. The molecule has 0 fully saturated rings. The number of para-hydroxylation sites is 1. The molecule has 9 nitrogen and oxygen atoms in total. The van der Waals surface area contributed by atoms with Crippen LogP contribution in [-0.2, 0) is 23.1 Å². The monoisotopic (exact) mass is 473 g/mol. The van der Waals surface area contributed by atoms with Crippen LogP contribution in [0.1, 0.15) is 12.7 Å². The number of hydrogen-bond donors (Lipinski definition) is 2. The van der Waals surface area contributed by atoms with Crippen molar-refractivity contribution in [2.75, 3.05) is 17.4 Å². The second kappa shape index (κ2) is 9.49. The molecule has 2 heterocycles. The van der Waals surface area contributed by atoms with E-state index in [-0.39, 0.29) is 25.0 Å². The maximum Gasteiger partial charge on any atom is 0.237 e. The van der Waals surface area contributed by atoms with Crippen LogP contribution in [0.3, 0.4) is 0 Å². The van der Waals surface area contributed by atoms with Gasteiger partial charge in [-0.05, 0) is 31.2 Å². The van der Waals surface area contributed by atoms with E-state index >= 15 is 0 Å². The molecule has 1 atom stereocenters. The quantitative estimate of drug-likeness (QED) is 0.505. The fraction of sp³-hybridized carbons (Fsp3) is 0.238. The first kappa shape index (κ1) is 22.0. The van der Waals surface area contributed by atoms with Gasteiger partial charge in [0.1, 0.15) is 5.82 Å². The highest BCUT2D eigenvalue weighted by molar-refractivity contribution is 8.00. The van der Waals surface area contributed by atoms with Crippen molar-refractivity contribution >= 4 is 46.6 Å². The Balaban J connectivity index is 1.35. The van der Waals surface area contributed by atoms with Crippen LogP contribution in [-0.4, -0.2) is 38.6 Å². The predicted octanol–water partition coefficient (Wildman–Crippen LogP) is 3.50. The molecule has 11 heteroatoms. The van der Waals surface area contributed by atoms with Crippen LogP contribution in [0, 0.1) is 0 Å². The molecule has 0 saturated heterocycles. The lowest BCUT2D eigenvalue weighted by atomic mass is 10.2. The highest BCUT2D eigenvalue weighted by Crippen LogP contribution is 2.34. The normalized spacial score (nSPS) is 13.0. The summed E-state index contributed by atoms with van der Waals surface area (Å²) in [5, 5.41) is 14.4. The Morgan fingerprint density at radius 1 is 1.16 bits per heavy atom. The topological polar surface area (TPSA) is 107 Å². The minimum Gasteiger partial charge on any atom is -0.454 e. The number of fused-ring (bicyclic) bond motifs is 1. The fourth-order valence-corrected chi connectivity index (χ4v) is 3.95. The van der Waals surface area contributed by atoms with E-state index < -0.39 is 5.25 Å². The van der Waals surface area contributed by atoms with Crippen LogP contribution >= 0.6 is 23.4 Å². The number of rotatable bonds is 7. The molecule has 2 aromatic carbocycles. The van der Waals surface area contributed by atoms with Crippen LogP contribution in [0.25, 0.3) is 0 Å². The average molecular weight is 474 g/mol. The van der Waals surface area contributed by atoms with Gasteiger partial charge in [0.2, 0.25) is 18.6 Å². The van der Waals surface area contributed by atoms with Crippen molar-refractivity contribution in [2.24, 2.45) is 7.05 Å². The van der Waals surface area contributed by atoms with Gasteiger partial charge in [-0.25, -0.2) is 0 Å². The van der Waals surface area contributed by atoms with E-state index in [2.05, 4.69) is 20.8 Å². The SMILES string of the molecule is C[C@H](Sc1nnc(CC(=O)Nc2ccccc2Cl)n1C)C(=O)Nc1ccc2c(c1)OCO2. The molecular weight excluding hydrogens is 454 g/mol. The maximum absolute atomic E-state index is 12.6. The third-order valence-corrected chi connectivity index (χ3v) is 6.15. The number of aromatic nitrogens is 3. The first-order valence-electron chi connectivity index (χ1n) is 9.70. The lowest BCUT2D eigenvalue weighted by Gasteiger charge is -2.12. The van der Waals surface area contributed by atoms with Crippen molar-refractivity contribution in [1.29, 1.82) is 0 Å². The molecule has 0 radical (unpaired) electrons. The summed E-state index contributed by atoms with van der Waals surface area (Å²) in [6.07, 6.45) is 0.0209. The molecule has 0 saturated carbocycles. The predicted molar refractivity (Wildman–Crippen MR) is 121 cm³/mol. The van der Waals surface area contributed by atoms with Crippen LogP contribution in [0.2, 0.25) is 5.02 Å². The summed E-state index contributed by atoms with van der Waals surface area (Å²) in [6.45, 7) is 1.94. The number of nitrogens with one attached hydrogen (secondary N) is 2. The number of hydrogen-bond acceptors (Lipinski definition) is 7. The highest BCUT2D eigenvalue weighted by atomic mass is 35.5. The number of nitrogens with zero attached hydrogens (tertiary/aromatic N) is 3. The van der Waals surface area contributed by atoms with Crippen molar-refractivity contribution in [3.63, 3.8) is 0 Å². The molecule has 2 N–H and O–H groups in total. The molecule has 2 amide bonds. The average Bonchev–Trinajstić information content (AvgIpc) is 3.37. The van der Waals surface area contributed by atoms with Gasteiger partial charge in [0.05, 0.1) is 22.4 Å². The van der Waals surface area contributed by atoms with Crippen molar-refractivity contribution < 1.29 is 19.1 Å². The molecule has 4 rings (SSSR count). The summed E-state index contributed by atoms with van der Waals surface area (Å²) in [6, 6.07) is 12.2. The maximum atomic E-state index is 12.6. The number of halogens is 1. The van der Waals surface area contributed by atoms with E-state index in [1.165, 1.54) is 11.8 Å². The van der Waals surface area contributed by atoms with Crippen molar-refractivity contribution in [3.8, 4) is 11.5 Å². The van der Waals surface area contributed by atoms with Crippen LogP contribution in [0.4, 0.5) is 11.4 Å². The molecular formula is C21H20ClN5O4S. The Bertz CT molecular complexity index is 1170. The summed E-state index contributed by atoms with van der Waals surface area (Å²) >= 11 is 7.32. The number of thioether (sulfide) groups is 1. The van der Waals surface area contributed by atoms with Gasteiger partial charge in [0.15, 0.2) is 16.7 Å². The van der Waals surface area contributed by atoms with Gasteiger partial charge in [-0.15, -0.1) is 10.2 Å². The summed E-state index contributed by atoms with van der Waals surface area (Å²) < 4.78 is 12.3. The summed E-state index contributed by atoms with van der Waals surface area (Å²) in [7, 11) is 1.75. The third-order valence-electron chi connectivity index (χ3n) is 4.68. The van der Waals surface area contributed by atoms with Gasteiger partial charge >= 0.3 is 0 Å². The molecule has 0 bridgehead atoms. The number of carbonyl (C=O) groups is 2. The number of anilines is 2. The first-order chi connectivity index (χ1) is 15.4. The van der Waals surface area contributed by atoms with Crippen LogP contribution in [0.15, 0.2) is 47.6 Å². The van der Waals surface area contributed by atoms with Gasteiger partial charge in [-0.1, -0.05) is 35.5 Å². The zero-order valence-corrected chi connectivity index (χ0v) is 18.9. The second-order valence-electron chi connectivity index (χ2n) is 6.98. The molecule has 1 aliphatic heterocycles. The fourth-order valence-electron chi connectivity index (χ4n) is 2.93. The molecule has 1 aliphatic rings. The highest BCUT2D eigenvalue weighted by Gasteiger charge is 2.21. The van der Waals surface area contributed by atoms with Crippen molar-refractivity contribution in [2.45, 2.75) is 23.8 Å². The molecule has 166 valence electrons. The van der Waals surface area contributed by atoms with Crippen LogP contribution < -0.4 is 20.1 Å².